The largest absolute Gasteiger partial charge is 0.466 e. The van der Waals surface area contributed by atoms with Gasteiger partial charge in [-0.15, -0.1) is 0 Å². The normalized spacial score (nSPS) is 18.6. The van der Waals surface area contributed by atoms with Gasteiger partial charge in [0.05, 0.1) is 11.1 Å². The lowest BCUT2D eigenvalue weighted by Crippen LogP contribution is -2.00. The predicted octanol–water partition coefficient (Wildman–Crippen LogP) is 4.44. The summed E-state index contributed by atoms with van der Waals surface area (Å²) in [6.07, 6.45) is 0. The Labute approximate surface area is 146 Å². The van der Waals surface area contributed by atoms with Crippen LogP contribution >= 0.6 is 0 Å². The number of aryl methyl sites for hydroxylation is 4. The molecule has 0 amide bonds. The number of allylic oxidation sites excluding steroid dienone is 2. The number of cyclic esters (lactones) is 2. The Hall–Kier alpha value is -2.82. The summed E-state index contributed by atoms with van der Waals surface area (Å²) in [7, 11) is 0. The summed E-state index contributed by atoms with van der Waals surface area (Å²) in [5, 5.41) is 0. The van der Waals surface area contributed by atoms with Gasteiger partial charge in [-0.2, -0.15) is 0 Å². The molecule has 2 aromatic heterocycles. The second kappa shape index (κ2) is 5.92. The SMILES string of the molecule is C/C(=C1/C(=O)OC(=O)/C1=C(/C)c1cc(C)oc1C)c1cc(C)oc1C. The van der Waals surface area contributed by atoms with Gasteiger partial charge < -0.3 is 13.6 Å². The van der Waals surface area contributed by atoms with E-state index in [1.807, 2.05) is 39.8 Å². The Morgan fingerprint density at radius 2 is 1.08 bits per heavy atom. The molecule has 25 heavy (non-hydrogen) atoms. The molecule has 0 atom stereocenters. The van der Waals surface area contributed by atoms with E-state index < -0.39 is 11.9 Å². The van der Waals surface area contributed by atoms with E-state index in [2.05, 4.69) is 0 Å². The van der Waals surface area contributed by atoms with Crippen molar-refractivity contribution in [3.63, 3.8) is 0 Å². The average Bonchev–Trinajstić information content (AvgIpc) is 3.13. The summed E-state index contributed by atoms with van der Waals surface area (Å²) in [5.74, 6) is 1.62. The molecule has 5 heteroatoms. The summed E-state index contributed by atoms with van der Waals surface area (Å²) < 4.78 is 16.0. The number of hydrogen-bond donors (Lipinski definition) is 0. The minimum absolute atomic E-state index is 0.282. The third kappa shape index (κ3) is 2.76. The fourth-order valence-electron chi connectivity index (χ4n) is 3.35. The summed E-state index contributed by atoms with van der Waals surface area (Å²) >= 11 is 0. The molecule has 0 aromatic carbocycles. The Morgan fingerprint density at radius 1 is 0.720 bits per heavy atom. The summed E-state index contributed by atoms with van der Waals surface area (Å²) in [5.41, 5.74) is 3.48. The second-order valence-electron chi connectivity index (χ2n) is 6.33. The van der Waals surface area contributed by atoms with Gasteiger partial charge in [0.25, 0.3) is 0 Å². The van der Waals surface area contributed by atoms with Crippen molar-refractivity contribution in [1.82, 2.24) is 0 Å². The van der Waals surface area contributed by atoms with Crippen molar-refractivity contribution in [1.29, 1.82) is 0 Å². The molecule has 3 heterocycles. The van der Waals surface area contributed by atoms with Crippen LogP contribution in [0.3, 0.4) is 0 Å². The Morgan fingerprint density at radius 3 is 1.36 bits per heavy atom. The fourth-order valence-corrected chi connectivity index (χ4v) is 3.35. The minimum atomic E-state index is -0.632. The Bertz CT molecular complexity index is 884. The molecular weight excluding hydrogens is 320 g/mol. The van der Waals surface area contributed by atoms with Crippen molar-refractivity contribution in [2.24, 2.45) is 0 Å². The van der Waals surface area contributed by atoms with Crippen LogP contribution in [0.4, 0.5) is 0 Å². The molecule has 0 radical (unpaired) electrons. The van der Waals surface area contributed by atoms with Crippen LogP contribution in [0.5, 0.6) is 0 Å². The molecule has 0 bridgehead atoms. The van der Waals surface area contributed by atoms with Crippen molar-refractivity contribution in [3.05, 3.63) is 57.4 Å². The van der Waals surface area contributed by atoms with Gasteiger partial charge in [0.1, 0.15) is 23.0 Å². The number of rotatable bonds is 2. The van der Waals surface area contributed by atoms with Crippen molar-refractivity contribution in [2.75, 3.05) is 0 Å². The maximum atomic E-state index is 12.4. The van der Waals surface area contributed by atoms with E-state index in [1.54, 1.807) is 13.8 Å². The molecule has 1 saturated heterocycles. The third-order valence-electron chi connectivity index (χ3n) is 4.48. The van der Waals surface area contributed by atoms with E-state index >= 15 is 0 Å². The first-order valence-corrected chi connectivity index (χ1v) is 8.04. The van der Waals surface area contributed by atoms with Gasteiger partial charge in [-0.05, 0) is 64.8 Å². The lowest BCUT2D eigenvalue weighted by atomic mass is 9.92. The van der Waals surface area contributed by atoms with Crippen molar-refractivity contribution >= 4 is 23.1 Å². The molecule has 0 N–H and O–H groups in total. The molecule has 0 spiro atoms. The first-order valence-electron chi connectivity index (χ1n) is 8.04. The highest BCUT2D eigenvalue weighted by molar-refractivity contribution is 6.24. The topological polar surface area (TPSA) is 69.7 Å². The molecule has 1 aliphatic rings. The van der Waals surface area contributed by atoms with Gasteiger partial charge in [0, 0.05) is 11.1 Å². The summed E-state index contributed by atoms with van der Waals surface area (Å²) in [6.45, 7) is 10.9. The van der Waals surface area contributed by atoms with E-state index in [1.165, 1.54) is 0 Å². The van der Waals surface area contributed by atoms with Gasteiger partial charge in [0.2, 0.25) is 0 Å². The van der Waals surface area contributed by atoms with Gasteiger partial charge in [0.15, 0.2) is 0 Å². The second-order valence-corrected chi connectivity index (χ2v) is 6.33. The molecule has 130 valence electrons. The number of hydrogen-bond acceptors (Lipinski definition) is 5. The van der Waals surface area contributed by atoms with E-state index in [-0.39, 0.29) is 11.1 Å². The van der Waals surface area contributed by atoms with Crippen molar-refractivity contribution in [2.45, 2.75) is 41.5 Å². The summed E-state index contributed by atoms with van der Waals surface area (Å²) in [4.78, 5) is 24.7. The van der Waals surface area contributed by atoms with Gasteiger partial charge in [-0.1, -0.05) is 0 Å². The van der Waals surface area contributed by atoms with Crippen LogP contribution in [0.25, 0.3) is 11.1 Å². The van der Waals surface area contributed by atoms with Crippen molar-refractivity contribution in [3.8, 4) is 0 Å². The highest BCUT2D eigenvalue weighted by Crippen LogP contribution is 2.37. The number of carbonyl (C=O) groups is 2. The molecule has 5 nitrogen and oxygen atoms in total. The molecule has 0 unspecified atom stereocenters. The average molecular weight is 340 g/mol. The summed E-state index contributed by atoms with van der Waals surface area (Å²) in [6, 6.07) is 3.71. The highest BCUT2D eigenvalue weighted by atomic mass is 16.6. The third-order valence-corrected chi connectivity index (χ3v) is 4.48. The lowest BCUT2D eigenvalue weighted by molar-refractivity contribution is -0.149. The Balaban J connectivity index is 2.27. The van der Waals surface area contributed by atoms with Crippen LogP contribution in [-0.4, -0.2) is 11.9 Å². The zero-order valence-electron chi connectivity index (χ0n) is 15.2. The standard InChI is InChI=1S/C20H20O5/c1-9-7-15(13(5)23-9)11(3)17-18(20(22)25-19(17)21)12(4)16-8-10(2)24-14(16)6/h7-8H,1-6H3/b17-11-,18-12-. The quantitative estimate of drug-likeness (QED) is 0.459. The molecule has 2 aromatic rings. The monoisotopic (exact) mass is 340 g/mol. The zero-order valence-corrected chi connectivity index (χ0v) is 15.2. The van der Waals surface area contributed by atoms with E-state index in [9.17, 15) is 9.59 Å². The molecule has 0 saturated carbocycles. The maximum absolute atomic E-state index is 12.4. The van der Waals surface area contributed by atoms with Crippen LogP contribution in [0, 0.1) is 27.7 Å². The zero-order chi connectivity index (χ0) is 18.5. The van der Waals surface area contributed by atoms with Gasteiger partial charge in [-0.3, -0.25) is 0 Å². The van der Waals surface area contributed by atoms with Gasteiger partial charge in [-0.25, -0.2) is 9.59 Å². The lowest BCUT2D eigenvalue weighted by Gasteiger charge is -2.07. The molecule has 1 aliphatic heterocycles. The molecular formula is C20H20O5. The van der Waals surface area contributed by atoms with E-state index in [0.717, 1.165) is 22.6 Å². The first-order chi connectivity index (χ1) is 11.7. The Kier molecular flexibility index (Phi) is 4.03. The molecule has 3 rings (SSSR count). The van der Waals surface area contributed by atoms with Crippen LogP contribution in [0.1, 0.15) is 48.0 Å². The first kappa shape index (κ1) is 17.0. The molecule has 1 fully saturated rings. The van der Waals surface area contributed by atoms with Gasteiger partial charge >= 0.3 is 11.9 Å². The number of esters is 2. The number of ether oxygens (including phenoxy) is 1. The highest BCUT2D eigenvalue weighted by Gasteiger charge is 2.38. The molecule has 0 aliphatic carbocycles. The van der Waals surface area contributed by atoms with E-state index in [4.69, 9.17) is 13.6 Å². The minimum Gasteiger partial charge on any atom is -0.466 e. The van der Waals surface area contributed by atoms with Crippen LogP contribution in [0.2, 0.25) is 0 Å². The smallest absolute Gasteiger partial charge is 0.347 e. The predicted molar refractivity (Wildman–Crippen MR) is 92.7 cm³/mol. The van der Waals surface area contributed by atoms with Crippen LogP contribution in [-0.2, 0) is 14.3 Å². The van der Waals surface area contributed by atoms with Crippen LogP contribution in [0.15, 0.2) is 32.1 Å². The van der Waals surface area contributed by atoms with Crippen molar-refractivity contribution < 1.29 is 23.2 Å². The maximum Gasteiger partial charge on any atom is 0.347 e. The number of furan rings is 2. The van der Waals surface area contributed by atoms with E-state index in [0.29, 0.717) is 22.7 Å². The fraction of sp³-hybridized carbons (Fsp3) is 0.300. The number of carbonyl (C=O) groups excluding carboxylic acids is 2. The van der Waals surface area contributed by atoms with Crippen LogP contribution < -0.4 is 0 Å².